The molecule has 2 aliphatic rings. The molecule has 0 aliphatic carbocycles. The van der Waals surface area contributed by atoms with Gasteiger partial charge in [0.25, 0.3) is 5.56 Å². The highest BCUT2D eigenvalue weighted by atomic mass is 32.1. The molecule has 3 rings (SSSR count). The van der Waals surface area contributed by atoms with Crippen LogP contribution in [0.4, 0.5) is 0 Å². The van der Waals surface area contributed by atoms with Crippen LogP contribution >= 0.6 is 12.2 Å². The minimum absolute atomic E-state index is 0.0279. The lowest BCUT2D eigenvalue weighted by molar-refractivity contribution is -0.149. The number of esters is 2. The van der Waals surface area contributed by atoms with Crippen molar-refractivity contribution in [3.05, 3.63) is 34.2 Å². The van der Waals surface area contributed by atoms with Crippen LogP contribution in [0.3, 0.4) is 0 Å². The van der Waals surface area contributed by atoms with Crippen LogP contribution < -0.4 is 10.9 Å². The molecule has 1 aromatic heterocycles. The number of rotatable bonds is 4. The Morgan fingerprint density at radius 3 is 2.74 bits per heavy atom. The number of carbonyl (C=O) groups excluding carboxylic acids is 2. The Balaban J connectivity index is 1.72. The van der Waals surface area contributed by atoms with E-state index in [2.05, 4.69) is 10.1 Å². The highest BCUT2D eigenvalue weighted by Crippen LogP contribution is 2.34. The molecule has 3 heterocycles. The zero-order valence-electron chi connectivity index (χ0n) is 15.3. The fourth-order valence-electron chi connectivity index (χ4n) is 3.89. The third-order valence-corrected chi connectivity index (χ3v) is 5.52. The Morgan fingerprint density at radius 2 is 2.04 bits per heavy atom. The maximum atomic E-state index is 12.1. The maximum absolute atomic E-state index is 12.1. The van der Waals surface area contributed by atoms with E-state index >= 15 is 0 Å². The van der Waals surface area contributed by atoms with Crippen LogP contribution in [0.25, 0.3) is 0 Å². The second-order valence-electron chi connectivity index (χ2n) is 6.91. The minimum atomic E-state index is -0.897. The predicted octanol–water partition coefficient (Wildman–Crippen LogP) is 0.247. The summed E-state index contributed by atoms with van der Waals surface area (Å²) < 4.78 is 11.2. The standard InChI is InChI=1S/C18H23N3O5S/c1-25-16(23)7-13(17(24)26-2)19-18(27)20-8-11-6-12(10-20)14-4-3-5-15(22)21(14)9-11/h3-5,11-13H,6-10H2,1-2H3,(H,19,27)/t11-,12-,13-/m0/s1. The molecule has 1 saturated heterocycles. The molecule has 9 heteroatoms. The monoisotopic (exact) mass is 393 g/mol. The van der Waals surface area contributed by atoms with Gasteiger partial charge >= 0.3 is 11.9 Å². The molecule has 0 unspecified atom stereocenters. The van der Waals surface area contributed by atoms with Gasteiger partial charge in [-0.3, -0.25) is 9.59 Å². The van der Waals surface area contributed by atoms with Crippen LogP contribution in [0.1, 0.15) is 24.5 Å². The quantitative estimate of drug-likeness (QED) is 0.575. The summed E-state index contributed by atoms with van der Waals surface area (Å²) >= 11 is 5.50. The Kier molecular flexibility index (Phi) is 5.79. The number of ether oxygens (including phenoxy) is 2. The predicted molar refractivity (Wildman–Crippen MR) is 101 cm³/mol. The molecular formula is C18H23N3O5S. The van der Waals surface area contributed by atoms with Crippen LogP contribution in [0.5, 0.6) is 0 Å². The fourth-order valence-corrected chi connectivity index (χ4v) is 4.18. The molecule has 1 N–H and O–H groups in total. The second-order valence-corrected chi connectivity index (χ2v) is 7.30. The molecule has 0 spiro atoms. The molecule has 0 radical (unpaired) electrons. The smallest absolute Gasteiger partial charge is 0.328 e. The first kappa shape index (κ1) is 19.3. The number of aromatic nitrogens is 1. The summed E-state index contributed by atoms with van der Waals surface area (Å²) in [5.41, 5.74) is 1.05. The van der Waals surface area contributed by atoms with Gasteiger partial charge in [0, 0.05) is 37.3 Å². The molecule has 0 aromatic carbocycles. The molecule has 3 atom stereocenters. The molecule has 0 saturated carbocycles. The van der Waals surface area contributed by atoms with Gasteiger partial charge < -0.3 is 24.3 Å². The number of fused-ring (bicyclic) bond motifs is 4. The van der Waals surface area contributed by atoms with E-state index in [1.165, 1.54) is 14.2 Å². The van der Waals surface area contributed by atoms with Crippen molar-refractivity contribution in [1.29, 1.82) is 0 Å². The Bertz CT molecular complexity index is 808. The van der Waals surface area contributed by atoms with Crippen LogP contribution in [-0.4, -0.2) is 59.9 Å². The van der Waals surface area contributed by atoms with Crippen molar-refractivity contribution in [2.75, 3.05) is 27.3 Å². The lowest BCUT2D eigenvalue weighted by Gasteiger charge is -2.44. The molecule has 1 aromatic rings. The van der Waals surface area contributed by atoms with E-state index in [9.17, 15) is 14.4 Å². The summed E-state index contributed by atoms with van der Waals surface area (Å²) in [7, 11) is 2.53. The highest BCUT2D eigenvalue weighted by molar-refractivity contribution is 7.80. The van der Waals surface area contributed by atoms with Crippen LogP contribution in [0, 0.1) is 5.92 Å². The first-order valence-electron chi connectivity index (χ1n) is 8.82. The van der Waals surface area contributed by atoms with Gasteiger partial charge in [-0.25, -0.2) is 4.79 Å². The lowest BCUT2D eigenvalue weighted by Crippen LogP contribution is -2.55. The number of nitrogens with one attached hydrogen (secondary N) is 1. The minimum Gasteiger partial charge on any atom is -0.469 e. The van der Waals surface area contributed by atoms with Crippen molar-refractivity contribution in [1.82, 2.24) is 14.8 Å². The number of hydrogen-bond acceptors (Lipinski definition) is 6. The lowest BCUT2D eigenvalue weighted by atomic mass is 9.83. The topological polar surface area (TPSA) is 89.9 Å². The normalized spacial score (nSPS) is 21.6. The molecule has 27 heavy (non-hydrogen) atoms. The zero-order valence-corrected chi connectivity index (χ0v) is 16.2. The van der Waals surface area contributed by atoms with Gasteiger partial charge in [0.05, 0.1) is 20.6 Å². The van der Waals surface area contributed by atoms with E-state index < -0.39 is 18.0 Å². The third kappa shape index (κ3) is 4.13. The second kappa shape index (κ2) is 8.08. The van der Waals surface area contributed by atoms with Gasteiger partial charge in [-0.05, 0) is 30.6 Å². The number of likely N-dealkylation sites (tertiary alicyclic amines) is 1. The molecule has 2 aliphatic heterocycles. The van der Waals surface area contributed by atoms with Gasteiger partial charge in [-0.1, -0.05) is 6.07 Å². The van der Waals surface area contributed by atoms with Gasteiger partial charge in [-0.2, -0.15) is 0 Å². The van der Waals surface area contributed by atoms with Crippen LogP contribution in [-0.2, 0) is 25.6 Å². The molecule has 0 amide bonds. The number of pyridine rings is 1. The molecule has 8 nitrogen and oxygen atoms in total. The molecule has 1 fully saturated rings. The largest absolute Gasteiger partial charge is 0.469 e. The Hall–Kier alpha value is -2.42. The van der Waals surface area contributed by atoms with Gasteiger partial charge in [0.1, 0.15) is 6.04 Å². The third-order valence-electron chi connectivity index (χ3n) is 5.15. The van der Waals surface area contributed by atoms with Gasteiger partial charge in [0.2, 0.25) is 0 Å². The number of nitrogens with zero attached hydrogens (tertiary/aromatic N) is 2. The first-order valence-corrected chi connectivity index (χ1v) is 9.23. The fraction of sp³-hybridized carbons (Fsp3) is 0.556. The van der Waals surface area contributed by atoms with E-state index in [0.717, 1.165) is 12.1 Å². The number of piperidine rings is 1. The summed E-state index contributed by atoms with van der Waals surface area (Å²) in [6, 6.07) is 4.46. The SMILES string of the molecule is COC(=O)C[C@H](NC(=S)N1C[C@@H]2C[C@@H](C1)c1cccc(=O)n1C2)C(=O)OC. The van der Waals surface area contributed by atoms with Crippen molar-refractivity contribution in [3.8, 4) is 0 Å². The summed E-state index contributed by atoms with van der Waals surface area (Å²) in [5.74, 6) is -0.599. The van der Waals surface area contributed by atoms with E-state index in [0.29, 0.717) is 30.7 Å². The maximum Gasteiger partial charge on any atom is 0.328 e. The highest BCUT2D eigenvalue weighted by Gasteiger charge is 2.36. The average Bonchev–Trinajstić information content (AvgIpc) is 2.67. The summed E-state index contributed by atoms with van der Waals surface area (Å²) in [6.45, 7) is 2.00. The van der Waals surface area contributed by atoms with E-state index in [1.807, 2.05) is 15.5 Å². The van der Waals surface area contributed by atoms with Crippen molar-refractivity contribution < 1.29 is 19.1 Å². The summed E-state index contributed by atoms with van der Waals surface area (Å²) in [6.07, 6.45) is 0.841. The number of hydrogen-bond donors (Lipinski definition) is 1. The number of thiocarbonyl (C=S) groups is 1. The molecule has 146 valence electrons. The first-order chi connectivity index (χ1) is 12.9. The number of carbonyl (C=O) groups is 2. The van der Waals surface area contributed by atoms with Crippen molar-refractivity contribution in [2.24, 2.45) is 5.92 Å². The summed E-state index contributed by atoms with van der Waals surface area (Å²) in [5, 5.41) is 3.34. The Morgan fingerprint density at radius 1 is 1.26 bits per heavy atom. The van der Waals surface area contributed by atoms with Crippen molar-refractivity contribution in [2.45, 2.75) is 31.3 Å². The molecular weight excluding hydrogens is 370 g/mol. The zero-order chi connectivity index (χ0) is 19.6. The van der Waals surface area contributed by atoms with E-state index in [1.54, 1.807) is 12.1 Å². The van der Waals surface area contributed by atoms with Crippen LogP contribution in [0.15, 0.2) is 23.0 Å². The van der Waals surface area contributed by atoms with E-state index in [-0.39, 0.29) is 17.9 Å². The average molecular weight is 393 g/mol. The Labute approximate surface area is 162 Å². The van der Waals surface area contributed by atoms with Crippen molar-refractivity contribution in [3.63, 3.8) is 0 Å². The van der Waals surface area contributed by atoms with Crippen LogP contribution in [0.2, 0.25) is 0 Å². The van der Waals surface area contributed by atoms with Gasteiger partial charge in [-0.15, -0.1) is 0 Å². The van der Waals surface area contributed by atoms with Gasteiger partial charge in [0.15, 0.2) is 5.11 Å². The molecule has 2 bridgehead atoms. The summed E-state index contributed by atoms with van der Waals surface area (Å²) in [4.78, 5) is 37.7. The van der Waals surface area contributed by atoms with E-state index in [4.69, 9.17) is 17.0 Å². The van der Waals surface area contributed by atoms with Crippen molar-refractivity contribution >= 4 is 29.3 Å². The number of methoxy groups -OCH3 is 2.